The second kappa shape index (κ2) is 3.51. The maximum Gasteiger partial charge on any atom is 2.00 e. The maximum atomic E-state index is 2.24. The molecule has 0 saturated heterocycles. The Labute approximate surface area is 87.8 Å². The van der Waals surface area contributed by atoms with Gasteiger partial charge in [-0.05, 0) is 0 Å². The first-order valence-corrected chi connectivity index (χ1v) is 3.90. The first-order chi connectivity index (χ1) is 5.29. The van der Waals surface area contributed by atoms with Crippen molar-refractivity contribution in [3.8, 4) is 0 Å². The quantitative estimate of drug-likeness (QED) is 0.443. The molecule has 58 valence electrons. The standard InChI is InChI=1S/C11H11.Ti/c1-8-7-9(2)11-6-4-3-5-10(8)11;/h3-7H,1-2H3;/q-1;+2. The van der Waals surface area contributed by atoms with E-state index in [1.807, 2.05) is 0 Å². The number of aryl methyl sites for hydroxylation is 2. The Hall–Kier alpha value is -0.456. The van der Waals surface area contributed by atoms with E-state index in [-0.39, 0.29) is 21.7 Å². The molecule has 0 aliphatic heterocycles. The Balaban J connectivity index is 0.000000720. The van der Waals surface area contributed by atoms with Crippen molar-refractivity contribution < 1.29 is 21.7 Å². The summed E-state index contributed by atoms with van der Waals surface area (Å²) in [5.74, 6) is 0. The summed E-state index contributed by atoms with van der Waals surface area (Å²) < 4.78 is 0. The molecule has 0 aromatic heterocycles. The van der Waals surface area contributed by atoms with Crippen LogP contribution in [0.15, 0.2) is 30.3 Å². The van der Waals surface area contributed by atoms with Gasteiger partial charge in [0.15, 0.2) is 0 Å². The molecular weight excluding hydrogens is 180 g/mol. The van der Waals surface area contributed by atoms with Crippen LogP contribution in [0.1, 0.15) is 11.1 Å². The van der Waals surface area contributed by atoms with Gasteiger partial charge in [-0.2, -0.15) is 5.56 Å². The van der Waals surface area contributed by atoms with Crippen LogP contribution in [0, 0.1) is 13.8 Å². The van der Waals surface area contributed by atoms with E-state index in [1.165, 1.54) is 21.9 Å². The zero-order valence-electron chi connectivity index (χ0n) is 7.39. The van der Waals surface area contributed by atoms with Crippen molar-refractivity contribution in [1.29, 1.82) is 0 Å². The van der Waals surface area contributed by atoms with E-state index >= 15 is 0 Å². The average Bonchev–Trinajstić information content (AvgIpc) is 2.30. The van der Waals surface area contributed by atoms with Gasteiger partial charge in [-0.25, -0.2) is 0 Å². The maximum absolute atomic E-state index is 2.24. The van der Waals surface area contributed by atoms with Crippen molar-refractivity contribution >= 4 is 10.8 Å². The van der Waals surface area contributed by atoms with E-state index in [1.54, 1.807) is 0 Å². The minimum absolute atomic E-state index is 0. The molecule has 1 heteroatoms. The topological polar surface area (TPSA) is 0 Å². The van der Waals surface area contributed by atoms with Crippen LogP contribution in [0.2, 0.25) is 0 Å². The van der Waals surface area contributed by atoms with E-state index in [2.05, 4.69) is 44.2 Å². The molecule has 2 rings (SSSR count). The third-order valence-corrected chi connectivity index (χ3v) is 2.21. The molecule has 2 aromatic rings. The van der Waals surface area contributed by atoms with Crippen molar-refractivity contribution in [2.75, 3.05) is 0 Å². The van der Waals surface area contributed by atoms with Gasteiger partial charge in [0.25, 0.3) is 0 Å². The fourth-order valence-electron chi connectivity index (χ4n) is 1.65. The molecule has 0 N–H and O–H groups in total. The molecule has 0 heterocycles. The smallest absolute Gasteiger partial charge is 0.156 e. The van der Waals surface area contributed by atoms with Crippen LogP contribution in [0.3, 0.4) is 0 Å². The Morgan fingerprint density at radius 1 is 1.17 bits per heavy atom. The van der Waals surface area contributed by atoms with Gasteiger partial charge in [0, 0.05) is 0 Å². The summed E-state index contributed by atoms with van der Waals surface area (Å²) in [5.41, 5.74) is 2.77. The summed E-state index contributed by atoms with van der Waals surface area (Å²) in [5, 5.41) is 2.79. The second-order valence-electron chi connectivity index (χ2n) is 3.06. The molecule has 0 unspecified atom stereocenters. The number of hydrogen-bond donors (Lipinski definition) is 0. The van der Waals surface area contributed by atoms with Crippen LogP contribution in [-0.2, 0) is 21.7 Å². The molecule has 0 saturated carbocycles. The zero-order chi connectivity index (χ0) is 7.84. The largest absolute Gasteiger partial charge is 2.00 e. The summed E-state index contributed by atoms with van der Waals surface area (Å²) in [6.45, 7) is 4.32. The van der Waals surface area contributed by atoms with Gasteiger partial charge < -0.3 is 0 Å². The Morgan fingerprint density at radius 2 is 1.83 bits per heavy atom. The second-order valence-corrected chi connectivity index (χ2v) is 3.06. The average molecular weight is 191 g/mol. The summed E-state index contributed by atoms with van der Waals surface area (Å²) in [7, 11) is 0. The Bertz CT molecular complexity index is 349. The van der Waals surface area contributed by atoms with Gasteiger partial charge in [0.1, 0.15) is 0 Å². The first kappa shape index (κ1) is 9.63. The molecule has 2 aromatic carbocycles. The molecule has 0 spiro atoms. The third-order valence-electron chi connectivity index (χ3n) is 2.21. The fourth-order valence-corrected chi connectivity index (χ4v) is 1.65. The summed E-state index contributed by atoms with van der Waals surface area (Å²) in [6.07, 6.45) is 0. The molecule has 0 aliphatic carbocycles. The summed E-state index contributed by atoms with van der Waals surface area (Å²) in [4.78, 5) is 0. The van der Waals surface area contributed by atoms with E-state index < -0.39 is 0 Å². The van der Waals surface area contributed by atoms with Gasteiger partial charge in [0.05, 0.1) is 0 Å². The zero-order valence-corrected chi connectivity index (χ0v) is 8.95. The van der Waals surface area contributed by atoms with E-state index in [0.29, 0.717) is 0 Å². The number of fused-ring (bicyclic) bond motifs is 1. The van der Waals surface area contributed by atoms with Gasteiger partial charge >= 0.3 is 21.7 Å². The summed E-state index contributed by atoms with van der Waals surface area (Å²) in [6, 6.07) is 10.8. The predicted molar refractivity (Wildman–Crippen MR) is 49.0 cm³/mol. The van der Waals surface area contributed by atoms with Crippen molar-refractivity contribution in [3.63, 3.8) is 0 Å². The van der Waals surface area contributed by atoms with Gasteiger partial charge in [-0.15, -0.1) is 40.6 Å². The van der Waals surface area contributed by atoms with Gasteiger partial charge in [-0.3, -0.25) is 0 Å². The van der Waals surface area contributed by atoms with Crippen molar-refractivity contribution in [3.05, 3.63) is 41.5 Å². The third kappa shape index (κ3) is 1.37. The number of hydrogen-bond acceptors (Lipinski definition) is 0. The van der Waals surface area contributed by atoms with Crippen molar-refractivity contribution in [2.45, 2.75) is 13.8 Å². The number of rotatable bonds is 0. The van der Waals surface area contributed by atoms with Crippen molar-refractivity contribution in [2.24, 2.45) is 0 Å². The molecule has 0 atom stereocenters. The Morgan fingerprint density at radius 3 is 2.50 bits per heavy atom. The van der Waals surface area contributed by atoms with Crippen LogP contribution in [0.5, 0.6) is 0 Å². The molecular formula is C11H11Ti+. The molecule has 0 amide bonds. The minimum atomic E-state index is 0. The molecule has 12 heavy (non-hydrogen) atoms. The normalized spacial score (nSPS) is 9.83. The molecule has 0 aliphatic rings. The first-order valence-electron chi connectivity index (χ1n) is 3.90. The van der Waals surface area contributed by atoms with Gasteiger partial charge in [-0.1, -0.05) is 19.9 Å². The molecule has 0 fully saturated rings. The van der Waals surface area contributed by atoms with Crippen molar-refractivity contribution in [1.82, 2.24) is 0 Å². The SMILES string of the molecule is Cc1c[c-](C)c2ccccc12.[Ti+2]. The van der Waals surface area contributed by atoms with E-state index in [9.17, 15) is 0 Å². The molecule has 0 bridgehead atoms. The van der Waals surface area contributed by atoms with E-state index in [4.69, 9.17) is 0 Å². The molecule has 0 radical (unpaired) electrons. The van der Waals surface area contributed by atoms with Crippen LogP contribution >= 0.6 is 0 Å². The van der Waals surface area contributed by atoms with Crippen LogP contribution in [0.4, 0.5) is 0 Å². The molecule has 0 nitrogen and oxygen atoms in total. The van der Waals surface area contributed by atoms with Gasteiger partial charge in [0.2, 0.25) is 0 Å². The number of benzene rings is 1. The summed E-state index contributed by atoms with van der Waals surface area (Å²) >= 11 is 0. The van der Waals surface area contributed by atoms with Crippen LogP contribution in [0.25, 0.3) is 10.8 Å². The van der Waals surface area contributed by atoms with Crippen LogP contribution in [-0.4, -0.2) is 0 Å². The minimum Gasteiger partial charge on any atom is -0.156 e. The Kier molecular flexibility index (Phi) is 2.82. The fraction of sp³-hybridized carbons (Fsp3) is 0.182. The predicted octanol–water partition coefficient (Wildman–Crippen LogP) is 3.17. The van der Waals surface area contributed by atoms with Crippen LogP contribution < -0.4 is 0 Å². The van der Waals surface area contributed by atoms with E-state index in [0.717, 1.165) is 0 Å². The monoisotopic (exact) mass is 191 g/mol.